The zero-order chi connectivity index (χ0) is 12.8. The Morgan fingerprint density at radius 1 is 1.38 bits per heavy atom. The van der Waals surface area contributed by atoms with Gasteiger partial charge in [-0.25, -0.2) is 0 Å². The number of nitrogens with one attached hydrogen (secondary N) is 1. The molecule has 4 heteroatoms. The van der Waals surface area contributed by atoms with Crippen LogP contribution in [0, 0.1) is 0 Å². The molecule has 2 N–H and O–H groups in total. The zero-order valence-electron chi connectivity index (χ0n) is 11.2. The summed E-state index contributed by atoms with van der Waals surface area (Å²) in [5, 5.41) is 12.4. The largest absolute Gasteiger partial charge is 0.394 e. The van der Waals surface area contributed by atoms with Crippen molar-refractivity contribution in [3.63, 3.8) is 0 Å². The Kier molecular flexibility index (Phi) is 6.60. The highest BCUT2D eigenvalue weighted by molar-refractivity contribution is 5.76. The fourth-order valence-electron chi connectivity index (χ4n) is 1.73. The highest BCUT2D eigenvalue weighted by atomic mass is 16.3. The molecule has 0 rings (SSSR count). The molecule has 0 fully saturated rings. The van der Waals surface area contributed by atoms with Crippen LogP contribution in [0.4, 0.5) is 0 Å². The van der Waals surface area contributed by atoms with E-state index in [2.05, 4.69) is 5.32 Å². The number of aliphatic hydroxyl groups excluding tert-OH is 1. The maximum absolute atomic E-state index is 11.8. The predicted octanol–water partition coefficient (Wildman–Crippen LogP) is 0.994. The molecule has 0 aromatic heterocycles. The Labute approximate surface area is 99.0 Å². The Morgan fingerprint density at radius 3 is 2.25 bits per heavy atom. The van der Waals surface area contributed by atoms with Crippen molar-refractivity contribution in [1.29, 1.82) is 0 Å². The standard InChI is InChI=1S/C12H26N2O2/c1-6-14(7-2)11(16)8-10(3)13-12(4,5)9-15/h10,13,15H,6-9H2,1-5H3. The minimum atomic E-state index is -0.330. The average Bonchev–Trinajstić information content (AvgIpc) is 2.18. The van der Waals surface area contributed by atoms with Crippen molar-refractivity contribution in [3.8, 4) is 0 Å². The van der Waals surface area contributed by atoms with Gasteiger partial charge in [0.1, 0.15) is 0 Å². The second-order valence-electron chi connectivity index (χ2n) is 4.86. The minimum absolute atomic E-state index is 0.0663. The van der Waals surface area contributed by atoms with Gasteiger partial charge in [-0.05, 0) is 34.6 Å². The molecule has 0 saturated carbocycles. The van der Waals surface area contributed by atoms with Crippen LogP contribution in [-0.4, -0.2) is 47.2 Å². The topological polar surface area (TPSA) is 52.6 Å². The molecule has 0 aliphatic rings. The molecule has 0 bridgehead atoms. The summed E-state index contributed by atoms with van der Waals surface area (Å²) in [6.07, 6.45) is 0.477. The third kappa shape index (κ3) is 5.47. The average molecular weight is 230 g/mol. The molecule has 0 aromatic rings. The normalized spacial score (nSPS) is 13.6. The maximum atomic E-state index is 11.8. The van der Waals surface area contributed by atoms with Gasteiger partial charge in [-0.2, -0.15) is 0 Å². The van der Waals surface area contributed by atoms with Crippen molar-refractivity contribution in [2.24, 2.45) is 0 Å². The lowest BCUT2D eigenvalue weighted by molar-refractivity contribution is -0.131. The predicted molar refractivity (Wildman–Crippen MR) is 66.3 cm³/mol. The highest BCUT2D eigenvalue weighted by Crippen LogP contribution is 2.05. The Morgan fingerprint density at radius 2 is 1.88 bits per heavy atom. The highest BCUT2D eigenvalue weighted by Gasteiger charge is 2.21. The fraction of sp³-hybridized carbons (Fsp3) is 0.917. The van der Waals surface area contributed by atoms with E-state index in [-0.39, 0.29) is 24.1 Å². The van der Waals surface area contributed by atoms with Gasteiger partial charge in [0.2, 0.25) is 5.91 Å². The minimum Gasteiger partial charge on any atom is -0.394 e. The van der Waals surface area contributed by atoms with Crippen molar-refractivity contribution < 1.29 is 9.90 Å². The third-order valence-electron chi connectivity index (χ3n) is 2.63. The first kappa shape index (κ1) is 15.4. The van der Waals surface area contributed by atoms with Gasteiger partial charge >= 0.3 is 0 Å². The number of hydrogen-bond acceptors (Lipinski definition) is 3. The van der Waals surface area contributed by atoms with Crippen LogP contribution < -0.4 is 5.32 Å². The van der Waals surface area contributed by atoms with Gasteiger partial charge in [0.15, 0.2) is 0 Å². The van der Waals surface area contributed by atoms with Gasteiger partial charge in [0.25, 0.3) is 0 Å². The van der Waals surface area contributed by atoms with Gasteiger partial charge in [0.05, 0.1) is 6.61 Å². The molecule has 0 saturated heterocycles. The van der Waals surface area contributed by atoms with Crippen LogP contribution in [0.1, 0.15) is 41.0 Å². The maximum Gasteiger partial charge on any atom is 0.224 e. The van der Waals surface area contributed by atoms with Crippen LogP contribution in [0.3, 0.4) is 0 Å². The van der Waals surface area contributed by atoms with E-state index in [1.807, 2.05) is 39.5 Å². The molecule has 0 heterocycles. The molecule has 0 radical (unpaired) electrons. The fourth-order valence-corrected chi connectivity index (χ4v) is 1.73. The van der Waals surface area contributed by atoms with E-state index in [9.17, 15) is 4.79 Å². The first-order valence-corrected chi connectivity index (χ1v) is 6.02. The number of rotatable bonds is 7. The summed E-state index contributed by atoms with van der Waals surface area (Å²) in [7, 11) is 0. The number of carbonyl (C=O) groups excluding carboxylic acids is 1. The van der Waals surface area contributed by atoms with Crippen LogP contribution in [0.2, 0.25) is 0 Å². The van der Waals surface area contributed by atoms with E-state index in [0.29, 0.717) is 6.42 Å². The second-order valence-corrected chi connectivity index (χ2v) is 4.86. The van der Waals surface area contributed by atoms with Crippen LogP contribution in [0.5, 0.6) is 0 Å². The van der Waals surface area contributed by atoms with E-state index in [0.717, 1.165) is 13.1 Å². The lowest BCUT2D eigenvalue weighted by atomic mass is 10.0. The smallest absolute Gasteiger partial charge is 0.224 e. The van der Waals surface area contributed by atoms with E-state index in [1.165, 1.54) is 0 Å². The van der Waals surface area contributed by atoms with E-state index < -0.39 is 0 Å². The zero-order valence-corrected chi connectivity index (χ0v) is 11.2. The van der Waals surface area contributed by atoms with Crippen LogP contribution in [0.25, 0.3) is 0 Å². The van der Waals surface area contributed by atoms with Crippen molar-refractivity contribution in [2.45, 2.75) is 52.6 Å². The van der Waals surface area contributed by atoms with Crippen molar-refractivity contribution >= 4 is 5.91 Å². The summed E-state index contributed by atoms with van der Waals surface area (Å²) in [5.74, 6) is 0.165. The Bertz CT molecular complexity index is 213. The number of hydrogen-bond donors (Lipinski definition) is 2. The summed E-state index contributed by atoms with van der Waals surface area (Å²) in [4.78, 5) is 13.6. The molecule has 0 aromatic carbocycles. The Hall–Kier alpha value is -0.610. The lowest BCUT2D eigenvalue weighted by Gasteiger charge is -2.29. The summed E-state index contributed by atoms with van der Waals surface area (Å²) in [6, 6.07) is 0.0789. The van der Waals surface area contributed by atoms with Crippen LogP contribution in [-0.2, 0) is 4.79 Å². The Balaban J connectivity index is 4.14. The number of carbonyl (C=O) groups is 1. The van der Waals surface area contributed by atoms with E-state index in [4.69, 9.17) is 5.11 Å². The first-order valence-electron chi connectivity index (χ1n) is 6.02. The van der Waals surface area contributed by atoms with Gasteiger partial charge in [0, 0.05) is 31.1 Å². The molecule has 1 amide bonds. The summed E-state index contributed by atoms with van der Waals surface area (Å²) in [5.41, 5.74) is -0.330. The molecule has 16 heavy (non-hydrogen) atoms. The molecular formula is C12H26N2O2. The summed E-state index contributed by atoms with van der Waals surface area (Å²) in [6.45, 7) is 11.4. The third-order valence-corrected chi connectivity index (χ3v) is 2.63. The second kappa shape index (κ2) is 6.86. The van der Waals surface area contributed by atoms with Crippen molar-refractivity contribution in [2.75, 3.05) is 19.7 Å². The van der Waals surface area contributed by atoms with Gasteiger partial charge in [-0.1, -0.05) is 0 Å². The molecule has 96 valence electrons. The number of aliphatic hydroxyl groups is 1. The van der Waals surface area contributed by atoms with Crippen molar-refractivity contribution in [3.05, 3.63) is 0 Å². The van der Waals surface area contributed by atoms with Crippen molar-refractivity contribution in [1.82, 2.24) is 10.2 Å². The molecule has 0 aliphatic heterocycles. The monoisotopic (exact) mass is 230 g/mol. The van der Waals surface area contributed by atoms with E-state index in [1.54, 1.807) is 0 Å². The van der Waals surface area contributed by atoms with Gasteiger partial charge < -0.3 is 15.3 Å². The number of amides is 1. The van der Waals surface area contributed by atoms with E-state index >= 15 is 0 Å². The van der Waals surface area contributed by atoms with Gasteiger partial charge in [-0.15, -0.1) is 0 Å². The first-order chi connectivity index (χ1) is 7.36. The molecule has 1 atom stereocenters. The van der Waals surface area contributed by atoms with Crippen LogP contribution in [0.15, 0.2) is 0 Å². The lowest BCUT2D eigenvalue weighted by Crippen LogP contribution is -2.49. The SMILES string of the molecule is CCN(CC)C(=O)CC(C)NC(C)(C)CO. The van der Waals surface area contributed by atoms with Crippen LogP contribution >= 0.6 is 0 Å². The quantitative estimate of drug-likeness (QED) is 0.686. The molecule has 1 unspecified atom stereocenters. The number of nitrogens with zero attached hydrogens (tertiary/aromatic N) is 1. The molecule has 0 spiro atoms. The molecular weight excluding hydrogens is 204 g/mol. The summed E-state index contributed by atoms with van der Waals surface area (Å²) >= 11 is 0. The molecule has 0 aliphatic carbocycles. The van der Waals surface area contributed by atoms with Gasteiger partial charge in [-0.3, -0.25) is 4.79 Å². The molecule has 4 nitrogen and oxygen atoms in total. The summed E-state index contributed by atoms with van der Waals surface area (Å²) < 4.78 is 0.